The van der Waals surface area contributed by atoms with Crippen LogP contribution in [-0.2, 0) is 23.7 Å². The van der Waals surface area contributed by atoms with Gasteiger partial charge in [0.15, 0.2) is 18.7 Å². The number of benzene rings is 2. The summed E-state index contributed by atoms with van der Waals surface area (Å²) in [6.45, 7) is -0.386. The number of hydrogen-bond acceptors (Lipinski definition) is 12. The molecule has 3 rings (SSSR count). The van der Waals surface area contributed by atoms with Gasteiger partial charge in [-0.3, -0.25) is 14.8 Å². The number of rotatable bonds is 14. The van der Waals surface area contributed by atoms with Crippen molar-refractivity contribution in [2.75, 3.05) is 26.3 Å². The Bertz CT molecular complexity index is 1070. The number of carbonyl (C=O) groups is 1. The molecule has 1 aliphatic heterocycles. The first-order valence-electron chi connectivity index (χ1n) is 12.8. The molecule has 12 heteroatoms. The van der Waals surface area contributed by atoms with E-state index >= 15 is 0 Å². The minimum absolute atomic E-state index is 0.0999. The lowest BCUT2D eigenvalue weighted by molar-refractivity contribution is -0.322. The van der Waals surface area contributed by atoms with Gasteiger partial charge in [0.25, 0.3) is 0 Å². The molecule has 0 aromatic heterocycles. The zero-order valence-corrected chi connectivity index (χ0v) is 22.0. The van der Waals surface area contributed by atoms with E-state index in [0.29, 0.717) is 0 Å². The van der Waals surface area contributed by atoms with Gasteiger partial charge in [0, 0.05) is 19.4 Å². The number of ether oxygens (including phenoxy) is 4. The number of esters is 1. The van der Waals surface area contributed by atoms with Crippen molar-refractivity contribution in [3.63, 3.8) is 0 Å². The maximum absolute atomic E-state index is 11.6. The van der Waals surface area contributed by atoms with Crippen LogP contribution in [0.3, 0.4) is 0 Å². The predicted octanol–water partition coefficient (Wildman–Crippen LogP) is -0.324. The average Bonchev–Trinajstić information content (AvgIpc) is 2.95. The molecule has 1 fully saturated rings. The molecule has 0 saturated carbocycles. The lowest BCUT2D eigenvalue weighted by Gasteiger charge is -2.42. The summed E-state index contributed by atoms with van der Waals surface area (Å²) in [5, 5.41) is 51.4. The predicted molar refractivity (Wildman–Crippen MR) is 144 cm³/mol. The molecular formula is C28H36N2O10. The SMILES string of the molecule is CC(=O)O[C@H]1[C@H](O)[C@@H](O[C@H](CN=Cc2ccccc2)[C@H](CO)O[C@H](O)CN=Cc2ccccc2)O[C@@H](CO)[C@@H]1O. The first-order chi connectivity index (χ1) is 19.3. The monoisotopic (exact) mass is 560 g/mol. The van der Waals surface area contributed by atoms with E-state index in [1.165, 1.54) is 0 Å². The van der Waals surface area contributed by atoms with Crippen LogP contribution in [0.2, 0.25) is 0 Å². The summed E-state index contributed by atoms with van der Waals surface area (Å²) in [7, 11) is 0. The van der Waals surface area contributed by atoms with Crippen molar-refractivity contribution in [2.45, 2.75) is 56.1 Å². The molecule has 40 heavy (non-hydrogen) atoms. The first-order valence-corrected chi connectivity index (χ1v) is 12.8. The van der Waals surface area contributed by atoms with Crippen molar-refractivity contribution in [3.8, 4) is 0 Å². The number of aliphatic hydroxyl groups is 5. The van der Waals surface area contributed by atoms with Crippen molar-refractivity contribution in [2.24, 2.45) is 9.98 Å². The topological polar surface area (TPSA) is 180 Å². The molecule has 1 saturated heterocycles. The van der Waals surface area contributed by atoms with Crippen LogP contribution in [0.25, 0.3) is 0 Å². The van der Waals surface area contributed by atoms with Crippen molar-refractivity contribution in [3.05, 3.63) is 71.8 Å². The number of aliphatic imine (C=N–C) groups is 2. The summed E-state index contributed by atoms with van der Waals surface area (Å²) in [5.41, 5.74) is 1.63. The minimum atomic E-state index is -1.65. The van der Waals surface area contributed by atoms with Crippen LogP contribution in [-0.4, -0.2) is 119 Å². The second-order valence-electron chi connectivity index (χ2n) is 9.08. The molecule has 2 aromatic rings. The van der Waals surface area contributed by atoms with E-state index < -0.39 is 68.4 Å². The van der Waals surface area contributed by atoms with E-state index in [9.17, 15) is 30.3 Å². The first kappa shape index (κ1) is 31.5. The van der Waals surface area contributed by atoms with Crippen molar-refractivity contribution >= 4 is 18.4 Å². The maximum Gasteiger partial charge on any atom is 0.303 e. The lowest BCUT2D eigenvalue weighted by atomic mass is 9.99. The fourth-order valence-corrected chi connectivity index (χ4v) is 4.00. The Balaban J connectivity index is 1.75. The van der Waals surface area contributed by atoms with Crippen LogP contribution in [0.4, 0.5) is 0 Å². The van der Waals surface area contributed by atoms with Gasteiger partial charge in [0.1, 0.15) is 30.5 Å². The second-order valence-corrected chi connectivity index (χ2v) is 9.08. The minimum Gasteiger partial charge on any atom is -0.457 e. The average molecular weight is 561 g/mol. The molecule has 1 heterocycles. The summed E-state index contributed by atoms with van der Waals surface area (Å²) < 4.78 is 22.1. The largest absolute Gasteiger partial charge is 0.457 e. The Morgan fingerprint density at radius 3 is 2.02 bits per heavy atom. The molecule has 0 amide bonds. The van der Waals surface area contributed by atoms with Gasteiger partial charge in [0.05, 0.1) is 26.3 Å². The zero-order chi connectivity index (χ0) is 28.9. The molecule has 0 unspecified atom stereocenters. The van der Waals surface area contributed by atoms with Crippen LogP contribution in [0.5, 0.6) is 0 Å². The molecule has 0 aliphatic carbocycles. The molecule has 218 valence electrons. The summed E-state index contributed by atoms with van der Waals surface area (Å²) in [4.78, 5) is 20.1. The Morgan fingerprint density at radius 2 is 1.50 bits per heavy atom. The number of hydrogen-bond donors (Lipinski definition) is 5. The molecule has 5 N–H and O–H groups in total. The van der Waals surface area contributed by atoms with E-state index in [4.69, 9.17) is 18.9 Å². The van der Waals surface area contributed by atoms with Crippen LogP contribution in [0.15, 0.2) is 70.6 Å². The lowest BCUT2D eigenvalue weighted by Crippen LogP contribution is -2.61. The summed E-state index contributed by atoms with van der Waals surface area (Å²) in [6.07, 6.45) is -7.89. The van der Waals surface area contributed by atoms with Crippen molar-refractivity contribution in [1.29, 1.82) is 0 Å². The van der Waals surface area contributed by atoms with Gasteiger partial charge < -0.3 is 44.5 Å². The summed E-state index contributed by atoms with van der Waals surface area (Å²) >= 11 is 0. The number of aliphatic hydroxyl groups excluding tert-OH is 5. The van der Waals surface area contributed by atoms with Gasteiger partial charge in [-0.2, -0.15) is 0 Å². The third-order valence-corrected chi connectivity index (χ3v) is 5.99. The standard InChI is InChI=1S/C28H36N2O10/c1-18(33)37-27-25(35)23(17-32)40-28(26(27)36)39-21(14-29-12-19-8-4-2-5-9-19)22(16-31)38-24(34)15-30-13-20-10-6-3-7-11-20/h2-13,21-28,31-32,34-36H,14-17H2,1H3/t21-,22+,23+,24+,25+,26+,27-,28+/m1/s1. The zero-order valence-electron chi connectivity index (χ0n) is 22.0. The third-order valence-electron chi connectivity index (χ3n) is 5.99. The third kappa shape index (κ3) is 9.54. The summed E-state index contributed by atoms with van der Waals surface area (Å²) in [6, 6.07) is 18.4. The molecular weight excluding hydrogens is 524 g/mol. The van der Waals surface area contributed by atoms with Gasteiger partial charge in [-0.25, -0.2) is 0 Å². The van der Waals surface area contributed by atoms with Crippen LogP contribution in [0, 0.1) is 0 Å². The van der Waals surface area contributed by atoms with Crippen LogP contribution >= 0.6 is 0 Å². The summed E-state index contributed by atoms with van der Waals surface area (Å²) in [5.74, 6) is -0.764. The quantitative estimate of drug-likeness (QED) is 0.117. The second kappa shape index (κ2) is 16.3. The van der Waals surface area contributed by atoms with Crippen LogP contribution in [0.1, 0.15) is 18.1 Å². The molecule has 2 aromatic carbocycles. The van der Waals surface area contributed by atoms with E-state index in [1.54, 1.807) is 12.4 Å². The highest BCUT2D eigenvalue weighted by Crippen LogP contribution is 2.26. The molecule has 8 atom stereocenters. The van der Waals surface area contributed by atoms with Crippen molar-refractivity contribution < 1.29 is 49.3 Å². The van der Waals surface area contributed by atoms with Gasteiger partial charge in [-0.05, 0) is 11.1 Å². The van der Waals surface area contributed by atoms with E-state index in [-0.39, 0.29) is 13.1 Å². The molecule has 0 radical (unpaired) electrons. The smallest absolute Gasteiger partial charge is 0.303 e. The fourth-order valence-electron chi connectivity index (χ4n) is 4.00. The highest BCUT2D eigenvalue weighted by atomic mass is 16.7. The molecule has 1 aliphatic rings. The Hall–Kier alpha value is -3.07. The van der Waals surface area contributed by atoms with Gasteiger partial charge in [-0.1, -0.05) is 60.7 Å². The van der Waals surface area contributed by atoms with Crippen LogP contribution < -0.4 is 0 Å². The highest BCUT2D eigenvalue weighted by molar-refractivity contribution is 5.79. The van der Waals surface area contributed by atoms with Crippen molar-refractivity contribution in [1.82, 2.24) is 0 Å². The fraction of sp³-hybridized carbons (Fsp3) is 0.464. The molecule has 0 bridgehead atoms. The van der Waals surface area contributed by atoms with E-state index in [0.717, 1.165) is 18.1 Å². The number of nitrogens with zero attached hydrogens (tertiary/aromatic N) is 2. The Morgan fingerprint density at radius 1 is 0.925 bits per heavy atom. The van der Waals surface area contributed by atoms with Gasteiger partial charge >= 0.3 is 5.97 Å². The highest BCUT2D eigenvalue weighted by Gasteiger charge is 2.48. The molecule has 12 nitrogen and oxygen atoms in total. The molecule has 0 spiro atoms. The van der Waals surface area contributed by atoms with Gasteiger partial charge in [0.2, 0.25) is 0 Å². The normalized spacial score (nSPS) is 25.6. The Kier molecular flexibility index (Phi) is 12.8. The maximum atomic E-state index is 11.6. The van der Waals surface area contributed by atoms with Gasteiger partial charge in [-0.15, -0.1) is 0 Å². The van der Waals surface area contributed by atoms with E-state index in [2.05, 4.69) is 9.98 Å². The number of carbonyl (C=O) groups excluding carboxylic acids is 1. The van der Waals surface area contributed by atoms with E-state index in [1.807, 2.05) is 60.7 Å². The Labute approximate surface area is 232 Å².